The Morgan fingerprint density at radius 2 is 1.65 bits per heavy atom. The lowest BCUT2D eigenvalue weighted by Gasteiger charge is -2.17. The summed E-state index contributed by atoms with van der Waals surface area (Å²) in [5, 5.41) is 0. The number of aryl methyl sites for hydroxylation is 1. The Balaban J connectivity index is 2.08. The lowest BCUT2D eigenvalue weighted by molar-refractivity contribution is -0.140. The fourth-order valence-electron chi connectivity index (χ4n) is 4.32. The number of alkyl halides is 5. The summed E-state index contributed by atoms with van der Waals surface area (Å²) in [5.74, 6) is -3.03. The Labute approximate surface area is 249 Å². The first-order valence-electron chi connectivity index (χ1n) is 14.2. The Morgan fingerprint density at radius 1 is 0.953 bits per heavy atom. The van der Waals surface area contributed by atoms with Gasteiger partial charge in [-0.15, -0.1) is 0 Å². The molecule has 0 amide bonds. The number of methoxy groups -OCH3 is 1. The molecule has 2 rings (SSSR count). The van der Waals surface area contributed by atoms with Crippen molar-refractivity contribution in [1.82, 2.24) is 0 Å². The standard InChI is InChI=1S/C33H39F5O5/c1-5-6-7-10-24-11-14-28(29(19-24)33(36,37)38)26(22-39)20-25-12-13-27(21-30(25)41-4)42-17-8-15-32(34,35)16-9-18-43-31(40)23(2)3/h11-14,19-22H,2,5-10,15-18H2,1,3-4H3/b26-20+. The van der Waals surface area contributed by atoms with E-state index < -0.39 is 36.5 Å². The van der Waals surface area contributed by atoms with Crippen molar-refractivity contribution in [1.29, 1.82) is 0 Å². The third kappa shape index (κ3) is 11.8. The number of unbranched alkanes of at least 4 members (excludes halogenated alkanes) is 2. The van der Waals surface area contributed by atoms with Gasteiger partial charge in [0.05, 0.1) is 25.9 Å². The summed E-state index contributed by atoms with van der Waals surface area (Å²) < 4.78 is 85.9. The molecule has 43 heavy (non-hydrogen) atoms. The molecule has 0 radical (unpaired) electrons. The molecule has 0 fully saturated rings. The average molecular weight is 611 g/mol. The third-order valence-electron chi connectivity index (χ3n) is 6.64. The van der Waals surface area contributed by atoms with Crippen LogP contribution in [0.2, 0.25) is 0 Å². The van der Waals surface area contributed by atoms with Gasteiger partial charge in [0, 0.05) is 35.6 Å². The number of ether oxygens (including phenoxy) is 3. The summed E-state index contributed by atoms with van der Waals surface area (Å²) in [6.45, 7) is 6.78. The molecule has 0 N–H and O–H groups in total. The number of hydrogen-bond donors (Lipinski definition) is 0. The molecule has 0 saturated heterocycles. The SMILES string of the molecule is C=C(C)C(=O)OCCCC(F)(F)CCCOc1ccc(/C=C(\C=O)c2ccc(CCCCC)cc2C(F)(F)F)c(OC)c1. The minimum Gasteiger partial charge on any atom is -0.496 e. The number of halogens is 5. The molecule has 10 heteroatoms. The molecule has 0 aliphatic carbocycles. The van der Waals surface area contributed by atoms with Gasteiger partial charge in [-0.05, 0) is 68.0 Å². The van der Waals surface area contributed by atoms with Crippen LogP contribution in [-0.4, -0.2) is 38.5 Å². The maximum absolute atomic E-state index is 14.2. The maximum atomic E-state index is 14.2. The van der Waals surface area contributed by atoms with Crippen LogP contribution in [0, 0.1) is 0 Å². The van der Waals surface area contributed by atoms with Gasteiger partial charge in [0.2, 0.25) is 5.92 Å². The van der Waals surface area contributed by atoms with E-state index in [4.69, 9.17) is 14.2 Å². The van der Waals surface area contributed by atoms with E-state index >= 15 is 0 Å². The first kappa shape index (κ1) is 35.5. The highest BCUT2D eigenvalue weighted by molar-refractivity contribution is 6.14. The van der Waals surface area contributed by atoms with Gasteiger partial charge in [0.1, 0.15) is 11.5 Å². The van der Waals surface area contributed by atoms with Crippen LogP contribution >= 0.6 is 0 Å². The van der Waals surface area contributed by atoms with E-state index in [1.165, 1.54) is 44.4 Å². The van der Waals surface area contributed by atoms with Gasteiger partial charge >= 0.3 is 12.1 Å². The number of carbonyl (C=O) groups excluding carboxylic acids is 2. The van der Waals surface area contributed by atoms with Crippen molar-refractivity contribution >= 4 is 23.9 Å². The molecule has 236 valence electrons. The first-order chi connectivity index (χ1) is 20.3. The number of hydrogen-bond acceptors (Lipinski definition) is 5. The van der Waals surface area contributed by atoms with Crippen LogP contribution in [0.3, 0.4) is 0 Å². The summed E-state index contributed by atoms with van der Waals surface area (Å²) in [6.07, 6.45) is -0.656. The lowest BCUT2D eigenvalue weighted by atomic mass is 9.94. The van der Waals surface area contributed by atoms with Crippen LogP contribution in [0.4, 0.5) is 22.0 Å². The van der Waals surface area contributed by atoms with Gasteiger partial charge in [-0.25, -0.2) is 13.6 Å². The van der Waals surface area contributed by atoms with Gasteiger partial charge in [-0.2, -0.15) is 13.2 Å². The predicted molar refractivity (Wildman–Crippen MR) is 156 cm³/mol. The van der Waals surface area contributed by atoms with Crippen LogP contribution in [0.15, 0.2) is 48.6 Å². The van der Waals surface area contributed by atoms with Gasteiger partial charge in [0.15, 0.2) is 6.29 Å². The second-order valence-corrected chi connectivity index (χ2v) is 10.3. The Bertz CT molecular complexity index is 1270. The molecule has 0 unspecified atom stereocenters. The molecular weight excluding hydrogens is 571 g/mol. The number of carbonyl (C=O) groups is 2. The third-order valence-corrected chi connectivity index (χ3v) is 6.64. The number of rotatable bonds is 18. The van der Waals surface area contributed by atoms with E-state index in [1.54, 1.807) is 6.07 Å². The summed E-state index contributed by atoms with van der Waals surface area (Å²) in [7, 11) is 1.36. The van der Waals surface area contributed by atoms with Crippen LogP contribution in [0.25, 0.3) is 11.6 Å². The predicted octanol–water partition coefficient (Wildman–Crippen LogP) is 8.88. The second kappa shape index (κ2) is 16.8. The van der Waals surface area contributed by atoms with Gasteiger partial charge in [-0.1, -0.05) is 38.5 Å². The molecule has 5 nitrogen and oxygen atoms in total. The number of esters is 1. The maximum Gasteiger partial charge on any atom is 0.417 e. The highest BCUT2D eigenvalue weighted by Crippen LogP contribution is 2.37. The quantitative estimate of drug-likeness (QED) is 0.0421. The monoisotopic (exact) mass is 610 g/mol. The zero-order valence-corrected chi connectivity index (χ0v) is 24.8. The first-order valence-corrected chi connectivity index (χ1v) is 14.2. The second-order valence-electron chi connectivity index (χ2n) is 10.3. The van der Waals surface area contributed by atoms with Crippen LogP contribution in [0.5, 0.6) is 11.5 Å². The molecule has 2 aromatic rings. The van der Waals surface area contributed by atoms with Gasteiger partial charge in [-0.3, -0.25) is 4.79 Å². The van der Waals surface area contributed by atoms with Gasteiger partial charge in [0.25, 0.3) is 0 Å². The topological polar surface area (TPSA) is 61.8 Å². The summed E-state index contributed by atoms with van der Waals surface area (Å²) in [4.78, 5) is 23.3. The van der Waals surface area contributed by atoms with Gasteiger partial charge < -0.3 is 14.2 Å². The average Bonchev–Trinajstić information content (AvgIpc) is 2.96. The van der Waals surface area contributed by atoms with Crippen molar-refractivity contribution < 1.29 is 45.8 Å². The number of benzene rings is 2. The fraction of sp³-hybridized carbons (Fsp3) is 0.455. The van der Waals surface area contributed by atoms with Crippen molar-refractivity contribution in [2.45, 2.75) is 77.3 Å². The van der Waals surface area contributed by atoms with Crippen LogP contribution in [-0.2, 0) is 26.9 Å². The molecule has 0 aliphatic heterocycles. The summed E-state index contributed by atoms with van der Waals surface area (Å²) in [6, 6.07) is 8.53. The molecule has 0 spiro atoms. The molecule has 0 bridgehead atoms. The Hall–Kier alpha value is -3.69. The van der Waals surface area contributed by atoms with E-state index in [2.05, 4.69) is 6.58 Å². The van der Waals surface area contributed by atoms with Crippen molar-refractivity contribution in [3.8, 4) is 11.5 Å². The van der Waals surface area contributed by atoms with E-state index in [0.29, 0.717) is 29.6 Å². The molecule has 2 aromatic carbocycles. The van der Waals surface area contributed by atoms with Crippen molar-refractivity contribution in [3.63, 3.8) is 0 Å². The summed E-state index contributed by atoms with van der Waals surface area (Å²) >= 11 is 0. The molecule has 0 heterocycles. The lowest BCUT2D eigenvalue weighted by Crippen LogP contribution is -2.18. The molecule has 0 atom stereocenters. The number of aldehydes is 1. The Morgan fingerprint density at radius 3 is 2.26 bits per heavy atom. The van der Waals surface area contributed by atoms with E-state index in [-0.39, 0.29) is 48.5 Å². The number of allylic oxidation sites excluding steroid dienone is 1. The van der Waals surface area contributed by atoms with E-state index in [9.17, 15) is 31.5 Å². The fourth-order valence-corrected chi connectivity index (χ4v) is 4.32. The minimum absolute atomic E-state index is 0.00932. The van der Waals surface area contributed by atoms with E-state index in [1.807, 2.05) is 6.92 Å². The van der Waals surface area contributed by atoms with Crippen molar-refractivity contribution in [2.24, 2.45) is 0 Å². The molecule has 0 saturated carbocycles. The van der Waals surface area contributed by atoms with Crippen LogP contribution < -0.4 is 9.47 Å². The zero-order chi connectivity index (χ0) is 32.0. The normalized spacial score (nSPS) is 12.1. The van der Waals surface area contributed by atoms with Crippen LogP contribution in [0.1, 0.15) is 81.0 Å². The minimum atomic E-state index is -4.66. The van der Waals surface area contributed by atoms with E-state index in [0.717, 1.165) is 25.3 Å². The summed E-state index contributed by atoms with van der Waals surface area (Å²) in [5.41, 5.74) is -0.197. The van der Waals surface area contributed by atoms with Crippen molar-refractivity contribution in [3.05, 3.63) is 70.8 Å². The van der Waals surface area contributed by atoms with Crippen molar-refractivity contribution in [2.75, 3.05) is 20.3 Å². The highest BCUT2D eigenvalue weighted by Gasteiger charge is 2.34. The highest BCUT2D eigenvalue weighted by atomic mass is 19.4. The molecule has 0 aromatic heterocycles. The molecule has 0 aliphatic rings. The molecular formula is C33H39F5O5. The largest absolute Gasteiger partial charge is 0.496 e. The Kier molecular flexibility index (Phi) is 13.9. The smallest absolute Gasteiger partial charge is 0.417 e. The zero-order valence-electron chi connectivity index (χ0n) is 24.8.